The molecule has 0 unspecified atom stereocenters. The van der Waals surface area contributed by atoms with E-state index in [2.05, 4.69) is 87.7 Å². The Kier molecular flexibility index (Phi) is 14.2. The largest absolute Gasteiger partial charge is 0.384 e. The zero-order chi connectivity index (χ0) is 36.7. The summed E-state index contributed by atoms with van der Waals surface area (Å²) in [6.45, 7) is 10.9. The lowest BCUT2D eigenvalue weighted by atomic mass is 9.93. The van der Waals surface area contributed by atoms with E-state index < -0.39 is 0 Å². The summed E-state index contributed by atoms with van der Waals surface area (Å²) in [7, 11) is 0. The summed E-state index contributed by atoms with van der Waals surface area (Å²) in [4.78, 5) is 14.5. The first kappa shape index (κ1) is 37.9. The maximum Gasteiger partial charge on any atom is 0.125 e. The van der Waals surface area contributed by atoms with Gasteiger partial charge < -0.3 is 11.5 Å². The molecule has 2 fully saturated rings. The first-order valence-electron chi connectivity index (χ1n) is 19.5. The van der Waals surface area contributed by atoms with Crippen LogP contribution in [0.15, 0.2) is 130 Å². The molecular weight excluding hydrogens is 655 g/mol. The van der Waals surface area contributed by atoms with Gasteiger partial charge in [0.1, 0.15) is 11.7 Å². The molecule has 4 aromatic carbocycles. The molecule has 2 saturated heterocycles. The van der Waals surface area contributed by atoms with Gasteiger partial charge in [0, 0.05) is 43.9 Å². The predicted molar refractivity (Wildman–Crippen MR) is 220 cm³/mol. The molecule has 6 rings (SSSR count). The maximum absolute atomic E-state index is 6.40. The molecule has 0 atom stereocenters. The molecule has 4 aromatic rings. The fourth-order valence-corrected chi connectivity index (χ4v) is 7.37. The van der Waals surface area contributed by atoms with Crippen LogP contribution in [-0.2, 0) is 13.1 Å². The van der Waals surface area contributed by atoms with Crippen LogP contribution >= 0.6 is 0 Å². The van der Waals surface area contributed by atoms with Gasteiger partial charge in [-0.3, -0.25) is 19.8 Å². The van der Waals surface area contributed by atoms with Gasteiger partial charge in [0.15, 0.2) is 0 Å². The number of nitrogens with zero attached hydrogens (tertiary/aromatic N) is 7. The van der Waals surface area contributed by atoms with Gasteiger partial charge in [-0.1, -0.05) is 65.9 Å². The lowest BCUT2D eigenvalue weighted by molar-refractivity contribution is 0.173. The molecule has 0 radical (unpaired) electrons. The smallest absolute Gasteiger partial charge is 0.125 e. The third-order valence-corrected chi connectivity index (χ3v) is 10.7. The number of anilines is 1. The lowest BCUT2D eigenvalue weighted by Crippen LogP contribution is -2.33. The molecule has 9 nitrogen and oxygen atoms in total. The van der Waals surface area contributed by atoms with Crippen molar-refractivity contribution in [3.63, 3.8) is 0 Å². The second-order valence-electron chi connectivity index (χ2n) is 14.5. The number of benzene rings is 4. The van der Waals surface area contributed by atoms with E-state index in [1.807, 2.05) is 53.5 Å². The average molecular weight is 712 g/mol. The Hall–Kier alpha value is -4.86. The van der Waals surface area contributed by atoms with Crippen molar-refractivity contribution in [3.05, 3.63) is 131 Å². The zero-order valence-electron chi connectivity index (χ0n) is 31.4. The Morgan fingerprint density at radius 1 is 0.604 bits per heavy atom. The van der Waals surface area contributed by atoms with Gasteiger partial charge in [-0.25, -0.2) is 5.01 Å². The summed E-state index contributed by atoms with van der Waals surface area (Å²) in [5.74, 6) is 2.58. The molecule has 278 valence electrons. The van der Waals surface area contributed by atoms with Crippen molar-refractivity contribution in [1.29, 1.82) is 0 Å². The van der Waals surface area contributed by atoms with Crippen molar-refractivity contribution in [3.8, 4) is 0 Å². The first-order chi connectivity index (χ1) is 26.0. The van der Waals surface area contributed by atoms with Gasteiger partial charge in [-0.05, 0) is 143 Å². The van der Waals surface area contributed by atoms with Crippen LogP contribution < -0.4 is 16.5 Å². The SMILES string of the molecule is CCN(N=Nc1ccc(C(N)=NCCC2CCN(Cc3ccccc3)CC2)cc1)c1ccc(C(N)=NCCC2CCN(Cc3ccccc3)CC2)cc1. The Balaban J connectivity index is 0.905. The van der Waals surface area contributed by atoms with Crippen LogP contribution in [0.25, 0.3) is 0 Å². The molecule has 0 amide bonds. The Bertz CT molecular complexity index is 1740. The molecule has 0 spiro atoms. The van der Waals surface area contributed by atoms with Crippen LogP contribution in [-0.4, -0.2) is 67.3 Å². The van der Waals surface area contributed by atoms with Gasteiger partial charge in [0.05, 0.1) is 11.4 Å². The number of piperidine rings is 2. The highest BCUT2D eigenvalue weighted by Gasteiger charge is 2.20. The van der Waals surface area contributed by atoms with E-state index in [1.165, 1.54) is 36.8 Å². The highest BCUT2D eigenvalue weighted by Crippen LogP contribution is 2.24. The normalized spacial score (nSPS) is 17.1. The summed E-state index contributed by atoms with van der Waals surface area (Å²) in [6, 6.07) is 37.4. The fraction of sp³-hybridized carbons (Fsp3) is 0.409. The molecule has 53 heavy (non-hydrogen) atoms. The highest BCUT2D eigenvalue weighted by molar-refractivity contribution is 5.98. The van der Waals surface area contributed by atoms with Crippen LogP contribution in [0.4, 0.5) is 11.4 Å². The molecule has 0 aromatic heterocycles. The number of rotatable bonds is 16. The summed E-state index contributed by atoms with van der Waals surface area (Å²) in [5.41, 5.74) is 19.1. The van der Waals surface area contributed by atoms with Crippen molar-refractivity contribution in [2.24, 2.45) is 43.6 Å². The molecular formula is C44H57N9. The minimum absolute atomic E-state index is 0.577. The summed E-state index contributed by atoms with van der Waals surface area (Å²) in [5, 5.41) is 10.9. The van der Waals surface area contributed by atoms with Gasteiger partial charge >= 0.3 is 0 Å². The maximum atomic E-state index is 6.40. The van der Waals surface area contributed by atoms with E-state index in [0.717, 1.165) is 87.7 Å². The quantitative estimate of drug-likeness (QED) is 0.0527. The summed E-state index contributed by atoms with van der Waals surface area (Å²) >= 11 is 0. The lowest BCUT2D eigenvalue weighted by Gasteiger charge is -2.31. The van der Waals surface area contributed by atoms with E-state index >= 15 is 0 Å². The van der Waals surface area contributed by atoms with E-state index in [-0.39, 0.29) is 0 Å². The van der Waals surface area contributed by atoms with Crippen molar-refractivity contribution in [1.82, 2.24) is 9.80 Å². The Morgan fingerprint density at radius 2 is 1.04 bits per heavy atom. The fourth-order valence-electron chi connectivity index (χ4n) is 7.37. The minimum Gasteiger partial charge on any atom is -0.384 e. The van der Waals surface area contributed by atoms with Gasteiger partial charge in [0.2, 0.25) is 0 Å². The number of amidine groups is 2. The van der Waals surface area contributed by atoms with Crippen molar-refractivity contribution < 1.29 is 0 Å². The molecule has 2 heterocycles. The van der Waals surface area contributed by atoms with Crippen molar-refractivity contribution in [2.45, 2.75) is 58.5 Å². The predicted octanol–water partition coefficient (Wildman–Crippen LogP) is 8.23. The molecule has 0 bridgehead atoms. The van der Waals surface area contributed by atoms with E-state index in [4.69, 9.17) is 21.5 Å². The van der Waals surface area contributed by atoms with Crippen molar-refractivity contribution in [2.75, 3.05) is 50.8 Å². The molecule has 0 aliphatic carbocycles. The number of hydrogen-bond acceptors (Lipinski definition) is 6. The number of nitrogens with two attached hydrogens (primary N) is 2. The van der Waals surface area contributed by atoms with Crippen LogP contribution in [0.3, 0.4) is 0 Å². The van der Waals surface area contributed by atoms with E-state index in [1.54, 1.807) is 0 Å². The van der Waals surface area contributed by atoms with Crippen LogP contribution in [0, 0.1) is 11.8 Å². The second-order valence-corrected chi connectivity index (χ2v) is 14.5. The third-order valence-electron chi connectivity index (χ3n) is 10.7. The van der Waals surface area contributed by atoms with E-state index in [0.29, 0.717) is 30.1 Å². The molecule has 2 aliphatic heterocycles. The molecule has 4 N–H and O–H groups in total. The summed E-state index contributed by atoms with van der Waals surface area (Å²) < 4.78 is 0. The van der Waals surface area contributed by atoms with Crippen molar-refractivity contribution >= 4 is 23.0 Å². The molecule has 2 aliphatic rings. The first-order valence-corrected chi connectivity index (χ1v) is 19.5. The van der Waals surface area contributed by atoms with E-state index in [9.17, 15) is 0 Å². The van der Waals surface area contributed by atoms with Crippen LogP contribution in [0.1, 0.15) is 67.7 Å². The Morgan fingerprint density at radius 3 is 1.47 bits per heavy atom. The second kappa shape index (κ2) is 19.8. The molecule has 0 saturated carbocycles. The number of hydrogen-bond donors (Lipinski definition) is 2. The third kappa shape index (κ3) is 11.8. The highest BCUT2D eigenvalue weighted by atomic mass is 15.5. The topological polar surface area (TPSA) is 111 Å². The number of aliphatic imine (C=N–C) groups is 2. The molecule has 9 heteroatoms. The monoisotopic (exact) mass is 711 g/mol. The standard InChI is InChI=1S/C44H57N9/c1-2-53(42-19-15-40(16-20-42)44(46)48-28-22-36-25-31-52(32-26-36)34-38-11-7-4-8-12-38)50-49-41-17-13-39(14-18-41)43(45)47-27-21-35-23-29-51(30-24-35)33-37-9-5-3-6-10-37/h3-20,35-36H,2,21-34H2,1H3,(H2,45,47)(H2,46,48). The van der Waals surface area contributed by atoms with Gasteiger partial charge in [0.25, 0.3) is 0 Å². The zero-order valence-corrected chi connectivity index (χ0v) is 31.4. The Labute approximate surface area is 316 Å². The summed E-state index contributed by atoms with van der Waals surface area (Å²) in [6.07, 6.45) is 7.05. The van der Waals surface area contributed by atoms with Gasteiger partial charge in [-0.2, -0.15) is 0 Å². The van der Waals surface area contributed by atoms with Gasteiger partial charge in [-0.15, -0.1) is 5.11 Å². The average Bonchev–Trinajstić information content (AvgIpc) is 3.20. The number of likely N-dealkylation sites (tertiary alicyclic amines) is 2. The van der Waals surface area contributed by atoms with Crippen LogP contribution in [0.2, 0.25) is 0 Å². The van der Waals surface area contributed by atoms with Crippen LogP contribution in [0.5, 0.6) is 0 Å². The minimum atomic E-state index is 0.577.